The lowest BCUT2D eigenvalue weighted by Gasteiger charge is -2.25. The van der Waals surface area contributed by atoms with Crippen molar-refractivity contribution in [2.45, 2.75) is 25.8 Å². The van der Waals surface area contributed by atoms with Gasteiger partial charge in [0.05, 0.1) is 0 Å². The van der Waals surface area contributed by atoms with E-state index in [-0.39, 0.29) is 5.92 Å². The first-order chi connectivity index (χ1) is 10.7. The number of fused-ring (bicyclic) bond motifs is 1. The molecule has 22 heavy (non-hydrogen) atoms. The Morgan fingerprint density at radius 1 is 1.36 bits per heavy atom. The van der Waals surface area contributed by atoms with Gasteiger partial charge in [-0.25, -0.2) is 0 Å². The van der Waals surface area contributed by atoms with Crippen LogP contribution in [0.25, 0.3) is 10.1 Å². The number of rotatable bonds is 3. The van der Waals surface area contributed by atoms with Crippen LogP contribution in [-0.4, -0.2) is 30.9 Å². The van der Waals surface area contributed by atoms with Gasteiger partial charge in [-0.1, -0.05) is 18.2 Å². The van der Waals surface area contributed by atoms with E-state index in [0.29, 0.717) is 11.3 Å². The number of benzene rings is 1. The zero-order chi connectivity index (χ0) is 15.2. The maximum atomic E-state index is 12.7. The molecule has 1 aliphatic carbocycles. The number of piperidine rings is 1. The van der Waals surface area contributed by atoms with Crippen molar-refractivity contribution in [1.29, 1.82) is 0 Å². The van der Waals surface area contributed by atoms with Crippen LogP contribution in [0.2, 0.25) is 0 Å². The number of hydrogen-bond acceptors (Lipinski definition) is 3. The Kier molecular flexibility index (Phi) is 3.46. The van der Waals surface area contributed by atoms with Crippen LogP contribution < -0.4 is 5.32 Å². The molecule has 0 bridgehead atoms. The van der Waals surface area contributed by atoms with E-state index in [1.165, 1.54) is 28.5 Å². The highest BCUT2D eigenvalue weighted by Gasteiger charge is 2.58. The zero-order valence-corrected chi connectivity index (χ0v) is 13.8. The van der Waals surface area contributed by atoms with E-state index < -0.39 is 0 Å². The van der Waals surface area contributed by atoms with Gasteiger partial charge in [0.25, 0.3) is 0 Å². The highest BCUT2D eigenvalue weighted by molar-refractivity contribution is 7.17. The van der Waals surface area contributed by atoms with Crippen LogP contribution in [0.15, 0.2) is 29.6 Å². The van der Waals surface area contributed by atoms with Crippen LogP contribution in [0.1, 0.15) is 24.8 Å². The van der Waals surface area contributed by atoms with Gasteiger partial charge >= 0.3 is 0 Å². The minimum atomic E-state index is 0.268. The standard InChI is InChI=1S/C18H22N2OS/c1-20(11-13-12-22-16-5-3-2-4-14(13)16)17(21)15-10-18(15)6-8-19-9-7-18/h2-5,12,15,19H,6-11H2,1H3. The average Bonchev–Trinajstić information content (AvgIpc) is 3.08. The van der Waals surface area contributed by atoms with E-state index in [9.17, 15) is 4.79 Å². The summed E-state index contributed by atoms with van der Waals surface area (Å²) in [7, 11) is 1.96. The number of carbonyl (C=O) groups excluding carboxylic acids is 1. The Bertz CT molecular complexity index is 702. The highest BCUT2D eigenvalue weighted by Crippen LogP contribution is 2.59. The molecule has 1 N–H and O–H groups in total. The van der Waals surface area contributed by atoms with Gasteiger partial charge < -0.3 is 10.2 Å². The Morgan fingerprint density at radius 3 is 2.95 bits per heavy atom. The van der Waals surface area contributed by atoms with Gasteiger partial charge in [-0.2, -0.15) is 0 Å². The summed E-state index contributed by atoms with van der Waals surface area (Å²) in [5, 5.41) is 6.89. The Labute approximate surface area is 135 Å². The number of hydrogen-bond donors (Lipinski definition) is 1. The molecule has 2 heterocycles. The largest absolute Gasteiger partial charge is 0.341 e. The number of nitrogens with zero attached hydrogens (tertiary/aromatic N) is 1. The molecule has 1 atom stereocenters. The van der Waals surface area contributed by atoms with Gasteiger partial charge in [-0.15, -0.1) is 11.3 Å². The molecule has 116 valence electrons. The first kappa shape index (κ1) is 14.2. The molecule has 0 radical (unpaired) electrons. The third kappa shape index (κ3) is 2.34. The van der Waals surface area contributed by atoms with Crippen LogP contribution in [0, 0.1) is 11.3 Å². The minimum Gasteiger partial charge on any atom is -0.341 e. The normalized spacial score (nSPS) is 22.9. The molecule has 2 fully saturated rings. The SMILES string of the molecule is CN(Cc1csc2ccccc12)C(=O)C1CC12CCNCC2. The summed E-state index contributed by atoms with van der Waals surface area (Å²) in [6.07, 6.45) is 3.43. The van der Waals surface area contributed by atoms with Gasteiger partial charge in [-0.3, -0.25) is 4.79 Å². The quantitative estimate of drug-likeness (QED) is 0.943. The molecule has 2 aliphatic rings. The third-order valence-corrected chi connectivity index (χ3v) is 6.44. The molecule has 3 nitrogen and oxygen atoms in total. The Balaban J connectivity index is 1.46. The Morgan fingerprint density at radius 2 is 2.14 bits per heavy atom. The maximum absolute atomic E-state index is 12.7. The first-order valence-electron chi connectivity index (χ1n) is 8.10. The molecule has 1 unspecified atom stereocenters. The second kappa shape index (κ2) is 5.36. The topological polar surface area (TPSA) is 32.3 Å². The molecular weight excluding hydrogens is 292 g/mol. The lowest BCUT2D eigenvalue weighted by molar-refractivity contribution is -0.132. The fourth-order valence-corrected chi connectivity index (χ4v) is 4.88. The third-order valence-electron chi connectivity index (χ3n) is 5.43. The summed E-state index contributed by atoms with van der Waals surface area (Å²) in [6, 6.07) is 8.45. The number of amides is 1. The molecular formula is C18H22N2OS. The first-order valence-corrected chi connectivity index (χ1v) is 8.98. The van der Waals surface area contributed by atoms with Crippen molar-refractivity contribution in [2.24, 2.45) is 11.3 Å². The van der Waals surface area contributed by atoms with Crippen molar-refractivity contribution < 1.29 is 4.79 Å². The van der Waals surface area contributed by atoms with E-state index in [2.05, 4.69) is 35.0 Å². The second-order valence-electron chi connectivity index (χ2n) is 6.82. The van der Waals surface area contributed by atoms with Gasteiger partial charge in [0.2, 0.25) is 5.91 Å². The molecule has 4 heteroatoms. The van der Waals surface area contributed by atoms with Gasteiger partial charge in [-0.05, 0) is 60.2 Å². The molecule has 1 amide bonds. The van der Waals surface area contributed by atoms with Crippen molar-refractivity contribution in [2.75, 3.05) is 20.1 Å². The van der Waals surface area contributed by atoms with Crippen molar-refractivity contribution in [3.8, 4) is 0 Å². The van der Waals surface area contributed by atoms with Crippen LogP contribution in [0.5, 0.6) is 0 Å². The Hall–Kier alpha value is -1.39. The van der Waals surface area contributed by atoms with Crippen molar-refractivity contribution in [3.05, 3.63) is 35.2 Å². The van der Waals surface area contributed by atoms with E-state index in [1.54, 1.807) is 11.3 Å². The van der Waals surface area contributed by atoms with Crippen molar-refractivity contribution >= 4 is 27.3 Å². The number of thiophene rings is 1. The summed E-state index contributed by atoms with van der Waals surface area (Å²) in [5.74, 6) is 0.613. The number of nitrogens with one attached hydrogen (secondary N) is 1. The van der Waals surface area contributed by atoms with E-state index in [4.69, 9.17) is 0 Å². The molecule has 1 spiro atoms. The van der Waals surface area contributed by atoms with Gasteiger partial charge in [0.1, 0.15) is 0 Å². The second-order valence-corrected chi connectivity index (χ2v) is 7.73. The molecule has 2 aromatic rings. The van der Waals surface area contributed by atoms with Gasteiger partial charge in [0.15, 0.2) is 0 Å². The molecule has 1 saturated carbocycles. The average molecular weight is 314 g/mol. The number of carbonyl (C=O) groups is 1. The zero-order valence-electron chi connectivity index (χ0n) is 13.0. The summed E-state index contributed by atoms with van der Waals surface area (Å²) < 4.78 is 1.31. The fraction of sp³-hybridized carbons (Fsp3) is 0.500. The molecule has 1 saturated heterocycles. The van der Waals surface area contributed by atoms with Gasteiger partial charge in [0, 0.05) is 24.2 Å². The molecule has 1 aromatic carbocycles. The van der Waals surface area contributed by atoms with Crippen molar-refractivity contribution in [3.63, 3.8) is 0 Å². The monoisotopic (exact) mass is 314 g/mol. The van der Waals surface area contributed by atoms with E-state index in [1.807, 2.05) is 11.9 Å². The van der Waals surface area contributed by atoms with Crippen molar-refractivity contribution in [1.82, 2.24) is 10.2 Å². The molecule has 1 aliphatic heterocycles. The fourth-order valence-electron chi connectivity index (χ4n) is 3.93. The van der Waals surface area contributed by atoms with E-state index >= 15 is 0 Å². The van der Waals surface area contributed by atoms with Crippen LogP contribution in [-0.2, 0) is 11.3 Å². The van der Waals surface area contributed by atoms with E-state index in [0.717, 1.165) is 26.1 Å². The highest BCUT2D eigenvalue weighted by atomic mass is 32.1. The summed E-state index contributed by atoms with van der Waals surface area (Å²) >= 11 is 1.77. The lowest BCUT2D eigenvalue weighted by atomic mass is 9.91. The maximum Gasteiger partial charge on any atom is 0.226 e. The summed E-state index contributed by atoms with van der Waals surface area (Å²) in [5.41, 5.74) is 1.60. The van der Waals surface area contributed by atoms with Crippen LogP contribution in [0.3, 0.4) is 0 Å². The predicted molar refractivity (Wildman–Crippen MR) is 90.9 cm³/mol. The molecule has 1 aromatic heterocycles. The lowest BCUT2D eigenvalue weighted by Crippen LogP contribution is -2.34. The summed E-state index contributed by atoms with van der Waals surface area (Å²) in [6.45, 7) is 2.87. The van der Waals surface area contributed by atoms with Crippen LogP contribution >= 0.6 is 11.3 Å². The predicted octanol–water partition coefficient (Wildman–Crippen LogP) is 3.25. The van der Waals surface area contributed by atoms with Crippen LogP contribution in [0.4, 0.5) is 0 Å². The smallest absolute Gasteiger partial charge is 0.226 e. The minimum absolute atomic E-state index is 0.268. The molecule has 4 rings (SSSR count). The summed E-state index contributed by atoms with van der Waals surface area (Å²) in [4.78, 5) is 14.7.